The van der Waals surface area contributed by atoms with Gasteiger partial charge in [-0.3, -0.25) is 14.5 Å². The van der Waals surface area contributed by atoms with Crippen LogP contribution in [0.5, 0.6) is 0 Å². The Bertz CT molecular complexity index is 704. The number of rotatable bonds is 2. The normalized spacial score (nSPS) is 39.1. The van der Waals surface area contributed by atoms with Crippen molar-refractivity contribution in [1.29, 1.82) is 0 Å². The fraction of sp³-hybridized carbons (Fsp3) is 0.714. The number of amides is 2. The van der Waals surface area contributed by atoms with Crippen LogP contribution in [0, 0.1) is 5.92 Å². The van der Waals surface area contributed by atoms with Gasteiger partial charge in [0.25, 0.3) is 0 Å². The lowest BCUT2D eigenvalue weighted by Gasteiger charge is -2.49. The molecule has 4 heterocycles. The van der Waals surface area contributed by atoms with Gasteiger partial charge in [0.2, 0.25) is 17.6 Å². The Balaban J connectivity index is 1.75. The number of hydrogen-bond acceptors (Lipinski definition) is 10. The Morgan fingerprint density at radius 1 is 1.24 bits per heavy atom. The largest absolute Gasteiger partial charge is 0.370 e. The van der Waals surface area contributed by atoms with Crippen LogP contribution in [-0.4, -0.2) is 80.4 Å². The highest BCUT2D eigenvalue weighted by Gasteiger charge is 2.72. The number of hydrogen-bond donors (Lipinski definition) is 5. The van der Waals surface area contributed by atoms with E-state index in [1.165, 1.54) is 0 Å². The van der Waals surface area contributed by atoms with Crippen LogP contribution in [0.4, 0.5) is 0 Å². The van der Waals surface area contributed by atoms with Crippen molar-refractivity contribution in [1.82, 2.24) is 15.1 Å². The molecule has 11 heteroatoms. The van der Waals surface area contributed by atoms with Gasteiger partial charge in [0, 0.05) is 25.3 Å². The van der Waals surface area contributed by atoms with Crippen LogP contribution in [0.3, 0.4) is 0 Å². The quantitative estimate of drug-likeness (QED) is 0.251. The zero-order valence-electron chi connectivity index (χ0n) is 13.7. The summed E-state index contributed by atoms with van der Waals surface area (Å²) >= 11 is 0. The molecule has 2 saturated heterocycles. The SMILES string of the molecule is C[C@H]1CN2C(N)=N[C@@H](CN3C(=O)CCC3=O)[C@@H]3N=C(N)N[C@@]32C1(O)O. The standard InChI is InChI=1S/C14H21N7O4/c1-6-4-21-12(16)17-7(5-20-8(22)2-3-9(20)23)10-13(21,14(6,24)25)19-11(15)18-10/h6-7,10,24-25H,2-5H2,1H3,(H2,16,17)(H3,15,18,19)/t6-,7-,10-,13-/m0/s1. The molecule has 1 spiro atoms. The monoisotopic (exact) mass is 351 g/mol. The first-order valence-corrected chi connectivity index (χ1v) is 8.18. The first-order valence-electron chi connectivity index (χ1n) is 8.18. The predicted octanol–water partition coefficient (Wildman–Crippen LogP) is -3.55. The van der Waals surface area contributed by atoms with Gasteiger partial charge in [-0.1, -0.05) is 6.92 Å². The van der Waals surface area contributed by atoms with E-state index in [0.717, 1.165) is 4.90 Å². The second-order valence-corrected chi connectivity index (χ2v) is 7.04. The van der Waals surface area contributed by atoms with Crippen molar-refractivity contribution >= 4 is 23.7 Å². The van der Waals surface area contributed by atoms with Gasteiger partial charge in [0.05, 0.1) is 12.6 Å². The maximum atomic E-state index is 11.9. The minimum absolute atomic E-state index is 0.0262. The summed E-state index contributed by atoms with van der Waals surface area (Å²) in [5, 5.41) is 24.5. The van der Waals surface area contributed by atoms with Crippen molar-refractivity contribution in [2.24, 2.45) is 27.4 Å². The van der Waals surface area contributed by atoms with Crippen LogP contribution in [-0.2, 0) is 9.59 Å². The number of likely N-dealkylation sites (tertiary alicyclic amines) is 1. The lowest BCUT2D eigenvalue weighted by atomic mass is 9.83. The van der Waals surface area contributed by atoms with Crippen molar-refractivity contribution in [3.8, 4) is 0 Å². The topological polar surface area (TPSA) is 170 Å². The van der Waals surface area contributed by atoms with Crippen molar-refractivity contribution in [3.05, 3.63) is 0 Å². The van der Waals surface area contributed by atoms with E-state index in [-0.39, 0.29) is 49.7 Å². The number of imide groups is 1. The molecular weight excluding hydrogens is 330 g/mol. The van der Waals surface area contributed by atoms with Gasteiger partial charge in [-0.15, -0.1) is 0 Å². The van der Waals surface area contributed by atoms with E-state index < -0.39 is 29.5 Å². The van der Waals surface area contributed by atoms with E-state index in [9.17, 15) is 19.8 Å². The second-order valence-electron chi connectivity index (χ2n) is 7.04. The van der Waals surface area contributed by atoms with Crippen molar-refractivity contribution in [2.45, 2.75) is 43.3 Å². The molecule has 2 fully saturated rings. The summed E-state index contributed by atoms with van der Waals surface area (Å²) < 4.78 is 0. The highest BCUT2D eigenvalue weighted by molar-refractivity contribution is 6.02. The Kier molecular flexibility index (Phi) is 3.10. The lowest BCUT2D eigenvalue weighted by molar-refractivity contribution is -0.240. The van der Waals surface area contributed by atoms with E-state index in [1.54, 1.807) is 11.8 Å². The Morgan fingerprint density at radius 2 is 1.88 bits per heavy atom. The number of nitrogens with two attached hydrogens (primary N) is 2. The number of carbonyl (C=O) groups excluding carboxylic acids is 2. The molecule has 0 aromatic rings. The fourth-order valence-corrected chi connectivity index (χ4v) is 4.30. The molecule has 25 heavy (non-hydrogen) atoms. The molecule has 4 aliphatic rings. The maximum Gasteiger partial charge on any atom is 0.229 e. The average molecular weight is 351 g/mol. The highest BCUT2D eigenvalue weighted by atomic mass is 16.5. The summed E-state index contributed by atoms with van der Waals surface area (Å²) in [6, 6.07) is -1.53. The Labute approximate surface area is 143 Å². The molecule has 2 amide bonds. The number of aliphatic imine (C=N–C) groups is 2. The molecule has 4 atom stereocenters. The van der Waals surface area contributed by atoms with Gasteiger partial charge in [-0.25, -0.2) is 9.98 Å². The molecule has 0 unspecified atom stereocenters. The van der Waals surface area contributed by atoms with Crippen molar-refractivity contribution < 1.29 is 19.8 Å². The van der Waals surface area contributed by atoms with Gasteiger partial charge < -0.3 is 31.9 Å². The molecule has 0 aliphatic carbocycles. The summed E-state index contributed by atoms with van der Waals surface area (Å²) in [4.78, 5) is 35.2. The summed E-state index contributed by atoms with van der Waals surface area (Å²) in [5.41, 5.74) is 10.4. The molecule has 0 aromatic heterocycles. The third-order valence-electron chi connectivity index (χ3n) is 5.62. The zero-order chi connectivity index (χ0) is 18.1. The second kappa shape index (κ2) is 4.82. The van der Waals surface area contributed by atoms with E-state index in [0.29, 0.717) is 0 Å². The van der Waals surface area contributed by atoms with E-state index in [1.807, 2.05) is 0 Å². The molecule has 0 bridgehead atoms. The van der Waals surface area contributed by atoms with Crippen LogP contribution in [0.2, 0.25) is 0 Å². The molecular formula is C14H21N7O4. The Morgan fingerprint density at radius 3 is 2.52 bits per heavy atom. The number of guanidine groups is 2. The van der Waals surface area contributed by atoms with Crippen LogP contribution >= 0.6 is 0 Å². The molecule has 11 nitrogen and oxygen atoms in total. The Hall–Kier alpha value is -2.40. The summed E-state index contributed by atoms with van der Waals surface area (Å²) in [5.74, 6) is -3.17. The smallest absolute Gasteiger partial charge is 0.229 e. The maximum absolute atomic E-state index is 11.9. The molecule has 4 aliphatic heterocycles. The third kappa shape index (κ3) is 1.87. The van der Waals surface area contributed by atoms with Crippen LogP contribution in [0.1, 0.15) is 19.8 Å². The number of nitrogens with zero attached hydrogens (tertiary/aromatic N) is 4. The molecule has 0 radical (unpaired) electrons. The van der Waals surface area contributed by atoms with E-state index in [4.69, 9.17) is 11.5 Å². The molecule has 7 N–H and O–H groups in total. The van der Waals surface area contributed by atoms with Crippen molar-refractivity contribution in [3.63, 3.8) is 0 Å². The molecule has 0 aromatic carbocycles. The summed E-state index contributed by atoms with van der Waals surface area (Å²) in [7, 11) is 0. The van der Waals surface area contributed by atoms with Crippen LogP contribution < -0.4 is 16.8 Å². The number of aliphatic hydroxyl groups is 2. The van der Waals surface area contributed by atoms with Crippen LogP contribution in [0.15, 0.2) is 9.98 Å². The highest BCUT2D eigenvalue weighted by Crippen LogP contribution is 2.47. The zero-order valence-corrected chi connectivity index (χ0v) is 13.7. The van der Waals surface area contributed by atoms with Gasteiger partial charge in [-0.2, -0.15) is 0 Å². The summed E-state index contributed by atoms with van der Waals surface area (Å²) in [6.45, 7) is 1.90. The minimum atomic E-state index is -2.18. The molecule has 0 saturated carbocycles. The number of nitrogens with one attached hydrogen (secondary N) is 1. The van der Waals surface area contributed by atoms with Crippen molar-refractivity contribution in [2.75, 3.05) is 13.1 Å². The lowest BCUT2D eigenvalue weighted by Crippen LogP contribution is -2.77. The summed E-state index contributed by atoms with van der Waals surface area (Å²) in [6.07, 6.45) is 0.328. The van der Waals surface area contributed by atoms with Gasteiger partial charge in [0.15, 0.2) is 17.6 Å². The molecule has 4 rings (SSSR count). The average Bonchev–Trinajstić information content (AvgIpc) is 3.11. The number of carbonyl (C=O) groups is 2. The predicted molar refractivity (Wildman–Crippen MR) is 85.7 cm³/mol. The first kappa shape index (κ1) is 16.1. The van der Waals surface area contributed by atoms with E-state index in [2.05, 4.69) is 15.3 Å². The molecule has 136 valence electrons. The van der Waals surface area contributed by atoms with Gasteiger partial charge >= 0.3 is 0 Å². The van der Waals surface area contributed by atoms with E-state index >= 15 is 0 Å². The fourth-order valence-electron chi connectivity index (χ4n) is 4.30. The minimum Gasteiger partial charge on any atom is -0.370 e. The van der Waals surface area contributed by atoms with Crippen LogP contribution in [0.25, 0.3) is 0 Å². The van der Waals surface area contributed by atoms with Gasteiger partial charge in [-0.05, 0) is 0 Å². The third-order valence-corrected chi connectivity index (χ3v) is 5.62. The first-order chi connectivity index (χ1) is 11.7. The van der Waals surface area contributed by atoms with Gasteiger partial charge in [0.1, 0.15) is 6.04 Å².